The highest BCUT2D eigenvalue weighted by molar-refractivity contribution is 5.55. The van der Waals surface area contributed by atoms with E-state index in [1.54, 1.807) is 0 Å². The average molecular weight is 370 g/mol. The van der Waals surface area contributed by atoms with E-state index in [-0.39, 0.29) is 24.2 Å². The van der Waals surface area contributed by atoms with Gasteiger partial charge in [-0.25, -0.2) is 4.39 Å². The molecule has 1 fully saturated rings. The molecule has 0 N–H and O–H groups in total. The van der Waals surface area contributed by atoms with E-state index in [1.165, 1.54) is 12.1 Å². The molecule has 7 nitrogen and oxygen atoms in total. The molecule has 2 aromatic heterocycles. The van der Waals surface area contributed by atoms with Gasteiger partial charge in [0.2, 0.25) is 11.7 Å². The number of aromatic nitrogens is 4. The maximum absolute atomic E-state index is 14.2. The van der Waals surface area contributed by atoms with Crippen LogP contribution in [0.3, 0.4) is 0 Å². The molecule has 0 unspecified atom stereocenters. The summed E-state index contributed by atoms with van der Waals surface area (Å²) in [7, 11) is 0. The van der Waals surface area contributed by atoms with Crippen LogP contribution in [0.2, 0.25) is 0 Å². The lowest BCUT2D eigenvalue weighted by atomic mass is 10.1. The molecule has 0 saturated heterocycles. The molecule has 2 heterocycles. The fraction of sp³-hybridized carbons (Fsp3) is 0.333. The third-order valence-electron chi connectivity index (χ3n) is 3.65. The number of hydrogen-bond acceptors (Lipinski definition) is 7. The van der Waals surface area contributed by atoms with Gasteiger partial charge in [0, 0.05) is 5.92 Å². The van der Waals surface area contributed by atoms with Crippen LogP contribution in [0.4, 0.5) is 17.6 Å². The lowest BCUT2D eigenvalue weighted by molar-refractivity contribution is -0.159. The topological polar surface area (TPSA) is 87.1 Å². The van der Waals surface area contributed by atoms with Crippen LogP contribution in [-0.4, -0.2) is 20.3 Å². The zero-order valence-electron chi connectivity index (χ0n) is 13.0. The van der Waals surface area contributed by atoms with Crippen LogP contribution < -0.4 is 4.74 Å². The first kappa shape index (κ1) is 16.5. The van der Waals surface area contributed by atoms with Gasteiger partial charge in [0.1, 0.15) is 12.4 Å². The summed E-state index contributed by atoms with van der Waals surface area (Å²) in [5.74, 6) is -2.05. The van der Waals surface area contributed by atoms with Crippen molar-refractivity contribution >= 4 is 0 Å². The minimum atomic E-state index is -4.79. The van der Waals surface area contributed by atoms with E-state index in [0.29, 0.717) is 11.5 Å². The highest BCUT2D eigenvalue weighted by Gasteiger charge is 2.38. The zero-order valence-corrected chi connectivity index (χ0v) is 13.0. The normalized spacial score (nSPS) is 14.6. The molecule has 26 heavy (non-hydrogen) atoms. The molecule has 1 aromatic carbocycles. The third kappa shape index (κ3) is 3.37. The van der Waals surface area contributed by atoms with Crippen LogP contribution in [0.15, 0.2) is 27.1 Å². The molecule has 0 bridgehead atoms. The summed E-state index contributed by atoms with van der Waals surface area (Å²) in [6.45, 7) is -0.0520. The molecule has 4 rings (SSSR count). The molecular weight excluding hydrogens is 360 g/mol. The number of benzene rings is 1. The summed E-state index contributed by atoms with van der Waals surface area (Å²) >= 11 is 0. The number of alkyl halides is 3. The fourth-order valence-corrected chi connectivity index (χ4v) is 2.20. The Bertz CT molecular complexity index is 933. The van der Waals surface area contributed by atoms with Gasteiger partial charge in [0.15, 0.2) is 0 Å². The van der Waals surface area contributed by atoms with Crippen LogP contribution in [-0.2, 0) is 12.8 Å². The number of nitrogens with zero attached hydrogens (tertiary/aromatic N) is 4. The summed E-state index contributed by atoms with van der Waals surface area (Å²) in [6, 6.07) is 3.79. The van der Waals surface area contributed by atoms with Crippen molar-refractivity contribution in [2.75, 3.05) is 0 Å². The van der Waals surface area contributed by atoms with Crippen molar-refractivity contribution in [2.24, 2.45) is 0 Å². The minimum Gasteiger partial charge on any atom is -0.444 e. The summed E-state index contributed by atoms with van der Waals surface area (Å²) in [6.07, 6.45) is -2.82. The Balaban J connectivity index is 1.45. The van der Waals surface area contributed by atoms with Gasteiger partial charge in [-0.2, -0.15) is 18.2 Å². The molecule has 1 aliphatic rings. The van der Waals surface area contributed by atoms with Crippen LogP contribution in [0.25, 0.3) is 11.4 Å². The Morgan fingerprint density at radius 3 is 2.65 bits per heavy atom. The lowest BCUT2D eigenvalue weighted by Crippen LogP contribution is -2.05. The van der Waals surface area contributed by atoms with Gasteiger partial charge in [-0.1, -0.05) is 16.3 Å². The molecule has 0 amide bonds. The van der Waals surface area contributed by atoms with Gasteiger partial charge < -0.3 is 13.7 Å². The Morgan fingerprint density at radius 1 is 1.19 bits per heavy atom. The van der Waals surface area contributed by atoms with E-state index in [9.17, 15) is 17.6 Å². The predicted molar refractivity (Wildman–Crippen MR) is 75.3 cm³/mol. The maximum Gasteiger partial charge on any atom is 0.471 e. The summed E-state index contributed by atoms with van der Waals surface area (Å²) in [5.41, 5.74) is 0.193. The first-order valence-electron chi connectivity index (χ1n) is 7.56. The summed E-state index contributed by atoms with van der Waals surface area (Å²) in [5, 5.41) is 10.7. The van der Waals surface area contributed by atoms with Crippen molar-refractivity contribution in [3.05, 3.63) is 41.4 Å². The van der Waals surface area contributed by atoms with Crippen molar-refractivity contribution in [3.8, 4) is 17.5 Å². The Kier molecular flexibility index (Phi) is 3.85. The van der Waals surface area contributed by atoms with Gasteiger partial charge in [0.05, 0.1) is 5.56 Å². The second-order valence-corrected chi connectivity index (χ2v) is 5.70. The van der Waals surface area contributed by atoms with Crippen LogP contribution in [0.5, 0.6) is 6.08 Å². The minimum absolute atomic E-state index is 0.0237. The van der Waals surface area contributed by atoms with Crippen LogP contribution in [0, 0.1) is 5.82 Å². The van der Waals surface area contributed by atoms with E-state index in [1.807, 2.05) is 0 Å². The molecule has 1 aliphatic carbocycles. The second kappa shape index (κ2) is 6.07. The molecule has 0 atom stereocenters. The van der Waals surface area contributed by atoms with Crippen molar-refractivity contribution in [1.29, 1.82) is 0 Å². The van der Waals surface area contributed by atoms with E-state index in [4.69, 9.17) is 9.15 Å². The maximum atomic E-state index is 14.2. The summed E-state index contributed by atoms with van der Waals surface area (Å²) in [4.78, 5) is 3.15. The van der Waals surface area contributed by atoms with Gasteiger partial charge in [-0.15, -0.1) is 5.10 Å². The molecule has 0 radical (unpaired) electrons. The molecule has 0 aliphatic heterocycles. The monoisotopic (exact) mass is 370 g/mol. The SMILES string of the molecule is Fc1cc(COc2nnc(C3CC3)o2)ccc1-c1noc(C(F)(F)F)n1. The first-order chi connectivity index (χ1) is 12.4. The average Bonchev–Trinajstić information content (AvgIpc) is 3.12. The predicted octanol–water partition coefficient (Wildman–Crippen LogP) is 3.73. The number of ether oxygens (including phenoxy) is 1. The number of rotatable bonds is 5. The van der Waals surface area contributed by atoms with Gasteiger partial charge in [-0.05, 0) is 30.5 Å². The molecule has 0 spiro atoms. The second-order valence-electron chi connectivity index (χ2n) is 5.70. The number of hydrogen-bond donors (Lipinski definition) is 0. The van der Waals surface area contributed by atoms with E-state index in [0.717, 1.165) is 18.9 Å². The van der Waals surface area contributed by atoms with E-state index < -0.39 is 23.7 Å². The first-order valence-corrected chi connectivity index (χ1v) is 7.56. The van der Waals surface area contributed by atoms with Crippen molar-refractivity contribution < 1.29 is 31.2 Å². The van der Waals surface area contributed by atoms with E-state index >= 15 is 0 Å². The van der Waals surface area contributed by atoms with Crippen molar-refractivity contribution in [2.45, 2.75) is 31.5 Å². The molecule has 11 heteroatoms. The van der Waals surface area contributed by atoms with Gasteiger partial charge >= 0.3 is 18.1 Å². The molecule has 3 aromatic rings. The van der Waals surface area contributed by atoms with Crippen molar-refractivity contribution in [3.63, 3.8) is 0 Å². The largest absolute Gasteiger partial charge is 0.471 e. The summed E-state index contributed by atoms with van der Waals surface area (Å²) < 4.78 is 66.3. The quantitative estimate of drug-likeness (QED) is 0.632. The Hall–Kier alpha value is -2.98. The highest BCUT2D eigenvalue weighted by atomic mass is 19.4. The van der Waals surface area contributed by atoms with Crippen molar-refractivity contribution in [1.82, 2.24) is 20.3 Å². The van der Waals surface area contributed by atoms with Crippen LogP contribution >= 0.6 is 0 Å². The van der Waals surface area contributed by atoms with Gasteiger partial charge in [0.25, 0.3) is 0 Å². The van der Waals surface area contributed by atoms with Crippen LogP contribution in [0.1, 0.15) is 36.1 Å². The molecule has 136 valence electrons. The standard InChI is InChI=1S/C15H10F4N4O3/c16-10-5-7(6-24-14-22-21-12(25-14)8-2-3-8)1-4-9(10)11-20-13(26-23-11)15(17,18)19/h1,4-5,8H,2-3,6H2. The van der Waals surface area contributed by atoms with Gasteiger partial charge in [-0.3, -0.25) is 0 Å². The third-order valence-corrected chi connectivity index (χ3v) is 3.65. The molecule has 1 saturated carbocycles. The number of halogens is 4. The Morgan fingerprint density at radius 2 is 2.00 bits per heavy atom. The highest BCUT2D eigenvalue weighted by Crippen LogP contribution is 2.39. The lowest BCUT2D eigenvalue weighted by Gasteiger charge is -2.04. The Labute approximate surface area is 143 Å². The van der Waals surface area contributed by atoms with E-state index in [2.05, 4.69) is 24.9 Å². The fourth-order valence-electron chi connectivity index (χ4n) is 2.20. The zero-order chi connectivity index (χ0) is 18.3. The molecular formula is C15H10F4N4O3. The smallest absolute Gasteiger partial charge is 0.444 e.